The van der Waals surface area contributed by atoms with Crippen LogP contribution in [-0.4, -0.2) is 27.8 Å². The van der Waals surface area contributed by atoms with Crippen molar-refractivity contribution in [1.29, 1.82) is 0 Å². The van der Waals surface area contributed by atoms with Gasteiger partial charge in [-0.05, 0) is 19.8 Å². The van der Waals surface area contributed by atoms with Gasteiger partial charge in [-0.25, -0.2) is 0 Å². The summed E-state index contributed by atoms with van der Waals surface area (Å²) in [6.45, 7) is 1.93. The molecule has 0 aromatic heterocycles. The first-order valence-electron chi connectivity index (χ1n) is 3.63. The number of rotatable bonds is 1. The SMILES string of the molecule is C[C@@H]1O[C@@H](CI)CC[C@@H]1O. The van der Waals surface area contributed by atoms with Crippen molar-refractivity contribution in [3.63, 3.8) is 0 Å². The molecule has 0 radical (unpaired) electrons. The lowest BCUT2D eigenvalue weighted by molar-refractivity contribution is -0.0983. The number of hydrogen-bond acceptors (Lipinski definition) is 2. The predicted molar refractivity (Wildman–Crippen MR) is 48.5 cm³/mol. The van der Waals surface area contributed by atoms with Crippen LogP contribution in [0.3, 0.4) is 0 Å². The maximum Gasteiger partial charge on any atom is 0.0810 e. The highest BCUT2D eigenvalue weighted by Crippen LogP contribution is 2.20. The summed E-state index contributed by atoms with van der Waals surface area (Å²) in [5.41, 5.74) is 0. The van der Waals surface area contributed by atoms with E-state index >= 15 is 0 Å². The first kappa shape index (κ1) is 8.74. The van der Waals surface area contributed by atoms with Gasteiger partial charge in [0.2, 0.25) is 0 Å². The molecular weight excluding hydrogens is 243 g/mol. The van der Waals surface area contributed by atoms with Gasteiger partial charge in [0.15, 0.2) is 0 Å². The fraction of sp³-hybridized carbons (Fsp3) is 1.00. The Morgan fingerprint density at radius 1 is 1.60 bits per heavy atom. The fourth-order valence-electron chi connectivity index (χ4n) is 1.17. The van der Waals surface area contributed by atoms with E-state index in [0.717, 1.165) is 17.3 Å². The third-order valence-corrected chi connectivity index (χ3v) is 2.89. The Morgan fingerprint density at radius 3 is 2.80 bits per heavy atom. The van der Waals surface area contributed by atoms with E-state index in [2.05, 4.69) is 22.6 Å². The summed E-state index contributed by atoms with van der Waals surface area (Å²) in [5, 5.41) is 9.26. The van der Waals surface area contributed by atoms with Gasteiger partial charge < -0.3 is 9.84 Å². The molecule has 0 unspecified atom stereocenters. The lowest BCUT2D eigenvalue weighted by Gasteiger charge is -2.30. The summed E-state index contributed by atoms with van der Waals surface area (Å²) in [6.07, 6.45) is 2.08. The largest absolute Gasteiger partial charge is 0.390 e. The van der Waals surface area contributed by atoms with Gasteiger partial charge in [-0.1, -0.05) is 22.6 Å². The van der Waals surface area contributed by atoms with Crippen molar-refractivity contribution < 1.29 is 9.84 Å². The van der Waals surface area contributed by atoms with Crippen molar-refractivity contribution in [3.05, 3.63) is 0 Å². The van der Waals surface area contributed by atoms with E-state index in [9.17, 15) is 5.11 Å². The normalized spacial score (nSPS) is 41.7. The molecule has 10 heavy (non-hydrogen) atoms. The quantitative estimate of drug-likeness (QED) is 0.567. The average Bonchev–Trinajstić information content (AvgIpc) is 1.95. The Hall–Kier alpha value is 0.650. The molecule has 0 spiro atoms. The first-order chi connectivity index (χ1) is 4.74. The molecule has 1 aliphatic rings. The fourth-order valence-corrected chi connectivity index (χ4v) is 1.82. The molecule has 1 N–H and O–H groups in total. The number of aliphatic hydroxyl groups excluding tert-OH is 1. The number of ether oxygens (including phenoxy) is 1. The Balaban J connectivity index is 2.33. The predicted octanol–water partition coefficient (Wildman–Crippen LogP) is 1.35. The molecule has 0 aromatic rings. The molecule has 1 aliphatic heterocycles. The van der Waals surface area contributed by atoms with Crippen LogP contribution < -0.4 is 0 Å². The van der Waals surface area contributed by atoms with Gasteiger partial charge in [-0.15, -0.1) is 0 Å². The topological polar surface area (TPSA) is 29.5 Å². The van der Waals surface area contributed by atoms with Crippen LogP contribution in [0.15, 0.2) is 0 Å². The summed E-state index contributed by atoms with van der Waals surface area (Å²) >= 11 is 2.32. The van der Waals surface area contributed by atoms with Gasteiger partial charge in [0.25, 0.3) is 0 Å². The second-order valence-corrected chi connectivity index (χ2v) is 3.64. The number of halogens is 1. The molecule has 0 aromatic carbocycles. The van der Waals surface area contributed by atoms with Gasteiger partial charge >= 0.3 is 0 Å². The van der Waals surface area contributed by atoms with Crippen molar-refractivity contribution in [2.75, 3.05) is 4.43 Å². The zero-order valence-corrected chi connectivity index (χ0v) is 8.24. The molecule has 0 saturated carbocycles. The maximum atomic E-state index is 9.26. The molecule has 1 heterocycles. The summed E-state index contributed by atoms with van der Waals surface area (Å²) < 4.78 is 6.53. The molecule has 1 saturated heterocycles. The summed E-state index contributed by atoms with van der Waals surface area (Å²) in [7, 11) is 0. The van der Waals surface area contributed by atoms with Gasteiger partial charge in [0, 0.05) is 4.43 Å². The molecule has 3 heteroatoms. The van der Waals surface area contributed by atoms with Gasteiger partial charge in [0.1, 0.15) is 0 Å². The highest BCUT2D eigenvalue weighted by Gasteiger charge is 2.25. The van der Waals surface area contributed by atoms with E-state index in [4.69, 9.17) is 4.74 Å². The lowest BCUT2D eigenvalue weighted by Crippen LogP contribution is -2.37. The monoisotopic (exact) mass is 256 g/mol. The van der Waals surface area contributed by atoms with Crippen LogP contribution in [0.1, 0.15) is 19.8 Å². The molecule has 1 rings (SSSR count). The van der Waals surface area contributed by atoms with Crippen LogP contribution in [0.2, 0.25) is 0 Å². The first-order valence-corrected chi connectivity index (χ1v) is 5.16. The zero-order chi connectivity index (χ0) is 7.56. The van der Waals surface area contributed by atoms with E-state index in [-0.39, 0.29) is 12.2 Å². The standard InChI is InChI=1S/C7H13IO2/c1-5-7(9)3-2-6(4-8)10-5/h5-7,9H,2-4H2,1H3/t5-,6+,7-/m0/s1. The van der Waals surface area contributed by atoms with E-state index in [0.29, 0.717) is 6.10 Å². The summed E-state index contributed by atoms with van der Waals surface area (Å²) in [4.78, 5) is 0. The molecule has 0 aliphatic carbocycles. The molecule has 2 nitrogen and oxygen atoms in total. The minimum Gasteiger partial charge on any atom is -0.390 e. The third-order valence-electron chi connectivity index (χ3n) is 1.91. The zero-order valence-electron chi connectivity index (χ0n) is 6.09. The minimum absolute atomic E-state index is 0.0357. The van der Waals surface area contributed by atoms with Gasteiger partial charge in [-0.2, -0.15) is 0 Å². The number of aliphatic hydroxyl groups is 1. The van der Waals surface area contributed by atoms with Crippen molar-refractivity contribution in [3.8, 4) is 0 Å². The van der Waals surface area contributed by atoms with Crippen molar-refractivity contribution in [1.82, 2.24) is 0 Å². The van der Waals surface area contributed by atoms with Gasteiger partial charge in [-0.3, -0.25) is 0 Å². The van der Waals surface area contributed by atoms with Crippen LogP contribution in [0, 0.1) is 0 Å². The Morgan fingerprint density at radius 2 is 2.30 bits per heavy atom. The highest BCUT2D eigenvalue weighted by atomic mass is 127. The van der Waals surface area contributed by atoms with Crippen LogP contribution >= 0.6 is 22.6 Å². The average molecular weight is 256 g/mol. The van der Waals surface area contributed by atoms with Crippen LogP contribution in [-0.2, 0) is 4.74 Å². The van der Waals surface area contributed by atoms with E-state index < -0.39 is 0 Å². The molecule has 0 bridgehead atoms. The summed E-state index contributed by atoms with van der Waals surface area (Å²) in [6, 6.07) is 0. The van der Waals surface area contributed by atoms with Crippen LogP contribution in [0.4, 0.5) is 0 Å². The van der Waals surface area contributed by atoms with Crippen LogP contribution in [0.5, 0.6) is 0 Å². The van der Waals surface area contributed by atoms with Crippen molar-refractivity contribution in [2.24, 2.45) is 0 Å². The van der Waals surface area contributed by atoms with Gasteiger partial charge in [0.05, 0.1) is 18.3 Å². The molecule has 3 atom stereocenters. The second-order valence-electron chi connectivity index (χ2n) is 2.76. The number of alkyl halides is 1. The maximum absolute atomic E-state index is 9.26. The van der Waals surface area contributed by atoms with E-state index in [1.165, 1.54) is 0 Å². The van der Waals surface area contributed by atoms with Crippen LogP contribution in [0.25, 0.3) is 0 Å². The molecular formula is C7H13IO2. The lowest BCUT2D eigenvalue weighted by atomic mass is 10.0. The Kier molecular flexibility index (Phi) is 3.39. The van der Waals surface area contributed by atoms with Crippen molar-refractivity contribution in [2.45, 2.75) is 38.1 Å². The van der Waals surface area contributed by atoms with E-state index in [1.54, 1.807) is 0 Å². The summed E-state index contributed by atoms with van der Waals surface area (Å²) in [5.74, 6) is 0. The van der Waals surface area contributed by atoms with E-state index in [1.807, 2.05) is 6.92 Å². The highest BCUT2D eigenvalue weighted by molar-refractivity contribution is 14.1. The number of hydrogen-bond donors (Lipinski definition) is 1. The van der Waals surface area contributed by atoms with Crippen molar-refractivity contribution >= 4 is 22.6 Å². The Labute approximate surface area is 75.1 Å². The molecule has 1 fully saturated rings. The Bertz CT molecular complexity index is 108. The third kappa shape index (κ3) is 2.07. The second kappa shape index (κ2) is 3.88. The molecule has 60 valence electrons. The molecule has 0 amide bonds. The smallest absolute Gasteiger partial charge is 0.0810 e. The minimum atomic E-state index is -0.237.